The van der Waals surface area contributed by atoms with Gasteiger partial charge < -0.3 is 19.9 Å². The largest absolute Gasteiger partial charge is 0.481 e. The van der Waals surface area contributed by atoms with Crippen molar-refractivity contribution in [1.29, 1.82) is 0 Å². The molecule has 180 valence electrons. The van der Waals surface area contributed by atoms with Crippen LogP contribution in [0.2, 0.25) is 0 Å². The van der Waals surface area contributed by atoms with Gasteiger partial charge in [-0.15, -0.1) is 0 Å². The van der Waals surface area contributed by atoms with Crippen LogP contribution >= 0.6 is 0 Å². The van der Waals surface area contributed by atoms with E-state index in [2.05, 4.69) is 60.0 Å². The molecule has 3 unspecified atom stereocenters. The normalized spacial score (nSPS) is 23.1. The molecule has 2 N–H and O–H groups in total. The minimum atomic E-state index is -0.684. The quantitative estimate of drug-likeness (QED) is 0.578. The molecular weight excluding hydrogens is 414 g/mol. The summed E-state index contributed by atoms with van der Waals surface area (Å²) < 4.78 is 0. The van der Waals surface area contributed by atoms with Gasteiger partial charge in [-0.25, -0.2) is 0 Å². The van der Waals surface area contributed by atoms with Gasteiger partial charge in [0.2, 0.25) is 5.91 Å². The molecule has 0 aliphatic carbocycles. The Morgan fingerprint density at radius 2 is 1.76 bits per heavy atom. The number of H-pyrrole nitrogens is 1. The molecule has 2 saturated heterocycles. The molecule has 6 nitrogen and oxygen atoms in total. The molecule has 1 aromatic heterocycles. The van der Waals surface area contributed by atoms with Gasteiger partial charge in [0.1, 0.15) is 0 Å². The Bertz CT molecular complexity index is 964. The van der Waals surface area contributed by atoms with Crippen molar-refractivity contribution in [1.82, 2.24) is 9.88 Å². The number of aliphatic carboxylic acids is 1. The van der Waals surface area contributed by atoms with Crippen LogP contribution in [-0.4, -0.2) is 52.0 Å². The summed E-state index contributed by atoms with van der Waals surface area (Å²) in [7, 11) is 0. The molecule has 0 radical (unpaired) electrons. The zero-order valence-corrected chi connectivity index (χ0v) is 20.3. The van der Waals surface area contributed by atoms with Crippen molar-refractivity contribution in [3.8, 4) is 0 Å². The Hall–Kier alpha value is -2.50. The number of aromatic amines is 1. The molecule has 3 atom stereocenters. The maximum absolute atomic E-state index is 13.5. The summed E-state index contributed by atoms with van der Waals surface area (Å²) in [5.41, 5.74) is 3.42. The summed E-state index contributed by atoms with van der Waals surface area (Å²) >= 11 is 0. The molecule has 2 aromatic rings. The number of amides is 1. The first kappa shape index (κ1) is 23.7. The number of benzene rings is 1. The first-order valence-electron chi connectivity index (χ1n) is 12.8. The summed E-state index contributed by atoms with van der Waals surface area (Å²) in [6, 6.07) is 7.03. The molecule has 4 rings (SSSR count). The standard InChI is InChI=1S/C27H39N3O3/c1-4-20-8-6-9-21(5-2)30(20)25(31)16-18(3)22-17-28-23-10-7-11-24(26(22)23)29-14-12-19(13-15-29)27(32)33/h7,10-11,17-21,28H,4-6,8-9,12-16H2,1-3H3,(H,32,33). The number of carboxylic acids is 1. The SMILES string of the molecule is CCC1CCCC(CC)N1C(=O)CC(C)c1c[nH]c2cccc(N3CCC(C(=O)O)CC3)c12. The number of carboxylic acid groups (broad SMARTS) is 1. The zero-order chi connectivity index (χ0) is 23.5. The fraction of sp³-hybridized carbons (Fsp3) is 0.630. The van der Waals surface area contributed by atoms with Crippen LogP contribution < -0.4 is 4.90 Å². The summed E-state index contributed by atoms with van der Waals surface area (Å²) in [4.78, 5) is 32.8. The van der Waals surface area contributed by atoms with Gasteiger partial charge in [0, 0.05) is 54.4 Å². The number of aromatic nitrogens is 1. The smallest absolute Gasteiger partial charge is 0.306 e. The number of carbonyl (C=O) groups is 2. The maximum atomic E-state index is 13.5. The van der Waals surface area contributed by atoms with E-state index in [1.54, 1.807) is 0 Å². The number of anilines is 1. The predicted octanol–water partition coefficient (Wildman–Crippen LogP) is 5.53. The summed E-state index contributed by atoms with van der Waals surface area (Å²) in [6.45, 7) is 8.06. The van der Waals surface area contributed by atoms with Crippen LogP contribution in [0.3, 0.4) is 0 Å². The van der Waals surface area contributed by atoms with Gasteiger partial charge in [-0.3, -0.25) is 9.59 Å². The Balaban J connectivity index is 1.56. The van der Waals surface area contributed by atoms with Crippen molar-refractivity contribution in [3.05, 3.63) is 30.0 Å². The van der Waals surface area contributed by atoms with E-state index >= 15 is 0 Å². The third-order valence-corrected chi connectivity index (χ3v) is 8.00. The van der Waals surface area contributed by atoms with Crippen molar-refractivity contribution in [2.24, 2.45) is 5.92 Å². The van der Waals surface area contributed by atoms with Crippen LogP contribution in [0.4, 0.5) is 5.69 Å². The number of hydrogen-bond acceptors (Lipinski definition) is 3. The molecule has 2 aliphatic heterocycles. The van der Waals surface area contributed by atoms with Crippen LogP contribution in [0.5, 0.6) is 0 Å². The molecular formula is C27H39N3O3. The first-order chi connectivity index (χ1) is 15.9. The second-order valence-corrected chi connectivity index (χ2v) is 10.0. The Morgan fingerprint density at radius 1 is 1.09 bits per heavy atom. The van der Waals surface area contributed by atoms with E-state index in [-0.39, 0.29) is 17.7 Å². The zero-order valence-electron chi connectivity index (χ0n) is 20.3. The lowest BCUT2D eigenvalue weighted by Crippen LogP contribution is -2.49. The fourth-order valence-electron chi connectivity index (χ4n) is 6.06. The van der Waals surface area contributed by atoms with Gasteiger partial charge in [0.25, 0.3) is 0 Å². The highest BCUT2D eigenvalue weighted by atomic mass is 16.4. The lowest BCUT2D eigenvalue weighted by molar-refractivity contribution is -0.142. The maximum Gasteiger partial charge on any atom is 0.306 e. The molecule has 1 aromatic carbocycles. The minimum absolute atomic E-state index is 0.112. The summed E-state index contributed by atoms with van der Waals surface area (Å²) in [5.74, 6) is -0.531. The number of hydrogen-bond donors (Lipinski definition) is 2. The van der Waals surface area contributed by atoms with Crippen LogP contribution in [0.15, 0.2) is 24.4 Å². The van der Waals surface area contributed by atoms with E-state index in [0.717, 1.165) is 50.0 Å². The number of likely N-dealkylation sites (tertiary alicyclic amines) is 1. The van der Waals surface area contributed by atoms with Crippen LogP contribution in [0.1, 0.15) is 83.6 Å². The van der Waals surface area contributed by atoms with Gasteiger partial charge in [-0.05, 0) is 68.6 Å². The fourth-order valence-corrected chi connectivity index (χ4v) is 6.06. The van der Waals surface area contributed by atoms with Gasteiger partial charge in [0.15, 0.2) is 0 Å². The van der Waals surface area contributed by atoms with E-state index < -0.39 is 5.97 Å². The van der Waals surface area contributed by atoms with E-state index in [1.165, 1.54) is 17.4 Å². The van der Waals surface area contributed by atoms with Crippen molar-refractivity contribution in [2.75, 3.05) is 18.0 Å². The topological polar surface area (TPSA) is 76.6 Å². The molecule has 1 amide bonds. The highest BCUT2D eigenvalue weighted by Crippen LogP contribution is 2.37. The average molecular weight is 454 g/mol. The Kier molecular flexibility index (Phi) is 7.30. The number of nitrogens with one attached hydrogen (secondary N) is 1. The molecule has 2 fully saturated rings. The van der Waals surface area contributed by atoms with Crippen molar-refractivity contribution < 1.29 is 14.7 Å². The van der Waals surface area contributed by atoms with Crippen molar-refractivity contribution in [2.45, 2.75) is 90.1 Å². The van der Waals surface area contributed by atoms with E-state index in [1.807, 2.05) is 0 Å². The summed E-state index contributed by atoms with van der Waals surface area (Å²) in [5, 5.41) is 10.5. The third-order valence-electron chi connectivity index (χ3n) is 8.00. The van der Waals surface area contributed by atoms with Crippen LogP contribution in [0.25, 0.3) is 10.9 Å². The van der Waals surface area contributed by atoms with Crippen LogP contribution in [-0.2, 0) is 9.59 Å². The summed E-state index contributed by atoms with van der Waals surface area (Å²) in [6.07, 6.45) is 9.46. The van der Waals surface area contributed by atoms with E-state index in [9.17, 15) is 14.7 Å². The number of rotatable bonds is 7. The van der Waals surface area contributed by atoms with Gasteiger partial charge in [0.05, 0.1) is 5.92 Å². The molecule has 0 saturated carbocycles. The monoisotopic (exact) mass is 453 g/mol. The second kappa shape index (κ2) is 10.2. The van der Waals surface area contributed by atoms with Gasteiger partial charge in [-0.1, -0.05) is 26.8 Å². The van der Waals surface area contributed by atoms with Gasteiger partial charge >= 0.3 is 5.97 Å². The lowest BCUT2D eigenvalue weighted by atomic mass is 9.89. The molecule has 3 heterocycles. The lowest BCUT2D eigenvalue weighted by Gasteiger charge is -2.42. The third kappa shape index (κ3) is 4.75. The highest BCUT2D eigenvalue weighted by molar-refractivity contribution is 5.96. The highest BCUT2D eigenvalue weighted by Gasteiger charge is 2.33. The van der Waals surface area contributed by atoms with Crippen LogP contribution in [0, 0.1) is 5.92 Å². The van der Waals surface area contributed by atoms with E-state index in [0.29, 0.717) is 31.3 Å². The van der Waals surface area contributed by atoms with E-state index in [4.69, 9.17) is 0 Å². The number of nitrogens with zero attached hydrogens (tertiary/aromatic N) is 2. The second-order valence-electron chi connectivity index (χ2n) is 10.0. The number of fused-ring (bicyclic) bond motifs is 1. The average Bonchev–Trinajstić information content (AvgIpc) is 3.28. The predicted molar refractivity (Wildman–Crippen MR) is 133 cm³/mol. The Morgan fingerprint density at radius 3 is 2.36 bits per heavy atom. The number of carbonyl (C=O) groups excluding carboxylic acids is 1. The molecule has 0 spiro atoms. The molecule has 0 bridgehead atoms. The molecule has 6 heteroatoms. The molecule has 33 heavy (non-hydrogen) atoms. The van der Waals surface area contributed by atoms with Crippen molar-refractivity contribution in [3.63, 3.8) is 0 Å². The van der Waals surface area contributed by atoms with Crippen molar-refractivity contribution >= 4 is 28.5 Å². The number of piperidine rings is 2. The van der Waals surface area contributed by atoms with Gasteiger partial charge in [-0.2, -0.15) is 0 Å². The molecule has 2 aliphatic rings. The minimum Gasteiger partial charge on any atom is -0.481 e. The first-order valence-corrected chi connectivity index (χ1v) is 12.8. The Labute approximate surface area is 197 Å².